The molecule has 0 atom stereocenters. The minimum absolute atomic E-state index is 0.189. The van der Waals surface area contributed by atoms with Crippen molar-refractivity contribution < 1.29 is 6.85 Å². The van der Waals surface area contributed by atoms with Crippen molar-refractivity contribution in [3.63, 3.8) is 0 Å². The van der Waals surface area contributed by atoms with Crippen molar-refractivity contribution in [2.24, 2.45) is 0 Å². The predicted molar refractivity (Wildman–Crippen MR) is 208 cm³/mol. The van der Waals surface area contributed by atoms with Crippen molar-refractivity contribution in [1.82, 2.24) is 0 Å². The van der Waals surface area contributed by atoms with E-state index in [0.717, 1.165) is 39.0 Å². The lowest BCUT2D eigenvalue weighted by Crippen LogP contribution is -2.09. The van der Waals surface area contributed by atoms with Gasteiger partial charge < -0.3 is 4.90 Å². The van der Waals surface area contributed by atoms with E-state index in [1.54, 1.807) is 0 Å². The highest BCUT2D eigenvalue weighted by Gasteiger charge is 2.15. The molecule has 8 aromatic carbocycles. The highest BCUT2D eigenvalue weighted by molar-refractivity contribution is 7.25. The summed E-state index contributed by atoms with van der Waals surface area (Å²) in [5.41, 5.74) is 8.17. The molecule has 9 rings (SSSR count). The van der Waals surface area contributed by atoms with Crippen molar-refractivity contribution in [3.8, 4) is 33.4 Å². The molecule has 0 amide bonds. The van der Waals surface area contributed by atoms with Gasteiger partial charge in [0.05, 0.1) is 6.85 Å². The first-order valence-electron chi connectivity index (χ1n) is 18.4. The fraction of sp³-hybridized carbons (Fsp3) is 0. The molecular weight excluding hydrogens is 599 g/mol. The first-order chi connectivity index (χ1) is 25.8. The Morgan fingerprint density at radius 3 is 1.69 bits per heavy atom. The molecule has 0 unspecified atom stereocenters. The molecule has 1 nitrogen and oxygen atoms in total. The van der Waals surface area contributed by atoms with Crippen LogP contribution in [-0.4, -0.2) is 0 Å². The number of hydrogen-bond donors (Lipinski definition) is 0. The summed E-state index contributed by atoms with van der Waals surface area (Å²) in [6.07, 6.45) is 0. The second kappa shape index (κ2) is 12.0. The van der Waals surface area contributed by atoms with Crippen LogP contribution in [0.15, 0.2) is 188 Å². The van der Waals surface area contributed by atoms with E-state index in [1.165, 1.54) is 31.3 Å². The number of nitrogens with zero attached hydrogens (tertiary/aromatic N) is 1. The highest BCUT2D eigenvalue weighted by Crippen LogP contribution is 2.40. The van der Waals surface area contributed by atoms with E-state index >= 15 is 0 Å². The van der Waals surface area contributed by atoms with Gasteiger partial charge in [-0.25, -0.2) is 0 Å². The average Bonchev–Trinajstić information content (AvgIpc) is 3.58. The van der Waals surface area contributed by atoms with E-state index in [0.29, 0.717) is 5.56 Å². The molecule has 0 saturated carbocycles. The number of thiophene rings is 1. The largest absolute Gasteiger partial charge is 0.310 e. The zero-order valence-electron chi connectivity index (χ0n) is 30.9. The maximum absolute atomic E-state index is 8.50. The lowest BCUT2D eigenvalue weighted by molar-refractivity contribution is 1.29. The minimum Gasteiger partial charge on any atom is -0.310 e. The topological polar surface area (TPSA) is 3.24 Å². The van der Waals surface area contributed by atoms with Crippen LogP contribution in [0.2, 0.25) is 0 Å². The molecule has 0 spiro atoms. The highest BCUT2D eigenvalue weighted by atomic mass is 32.1. The number of fused-ring (bicyclic) bond motifs is 4. The molecule has 1 aromatic heterocycles. The van der Waals surface area contributed by atoms with Gasteiger partial charge in [-0.3, -0.25) is 0 Å². The van der Waals surface area contributed by atoms with Gasteiger partial charge in [0.2, 0.25) is 0 Å². The molecule has 9 aromatic rings. The predicted octanol–water partition coefficient (Wildman–Crippen LogP) is 13.7. The van der Waals surface area contributed by atoms with E-state index < -0.39 is 6.04 Å². The summed E-state index contributed by atoms with van der Waals surface area (Å²) in [6.45, 7) is 0. The van der Waals surface area contributed by atoms with Gasteiger partial charge in [-0.2, -0.15) is 0 Å². The summed E-state index contributed by atoms with van der Waals surface area (Å²) in [5.74, 6) is 0. The van der Waals surface area contributed by atoms with E-state index in [9.17, 15) is 0 Å². The van der Waals surface area contributed by atoms with Crippen LogP contribution in [0, 0.1) is 0 Å². The Bertz CT molecular complexity index is 2800. The van der Waals surface area contributed by atoms with Crippen LogP contribution in [0.4, 0.5) is 17.1 Å². The SMILES string of the molecule is [2H]c1c([2H])c([2H])c(-c2ccc(N(c3ccc(-c4ccccc4)cc3)c3ccc4cc(-c5ccc6sc7ccccc7c6c5)ccc4c3)cc2)c([2H])c1[2H]. The van der Waals surface area contributed by atoms with Crippen LogP contribution in [0.5, 0.6) is 0 Å². The summed E-state index contributed by atoms with van der Waals surface area (Å²) in [7, 11) is 0. The summed E-state index contributed by atoms with van der Waals surface area (Å²) in [4.78, 5) is 2.18. The summed E-state index contributed by atoms with van der Waals surface area (Å²) in [6, 6.07) is 53.2. The lowest BCUT2D eigenvalue weighted by Gasteiger charge is -2.26. The molecule has 0 bridgehead atoms. The third-order valence-electron chi connectivity index (χ3n) is 8.94. The number of benzene rings is 8. The number of hydrogen-bond acceptors (Lipinski definition) is 2. The zero-order valence-corrected chi connectivity index (χ0v) is 26.7. The minimum atomic E-state index is -0.397. The van der Waals surface area contributed by atoms with Crippen molar-refractivity contribution >= 4 is 59.3 Å². The van der Waals surface area contributed by atoms with Crippen LogP contribution in [0.3, 0.4) is 0 Å². The van der Waals surface area contributed by atoms with Gasteiger partial charge in [0.15, 0.2) is 0 Å². The van der Waals surface area contributed by atoms with Gasteiger partial charge in [0, 0.05) is 37.2 Å². The molecule has 2 heteroatoms. The molecule has 0 aliphatic heterocycles. The zero-order chi connectivity index (χ0) is 36.2. The summed E-state index contributed by atoms with van der Waals surface area (Å²) >= 11 is 1.83. The Labute approximate surface area is 291 Å². The Hall–Kier alpha value is -5.96. The standard InChI is InChI=1S/C46H31NS/c1-3-9-32(10-4-1)34-17-23-40(24-18-34)47(41-25-19-35(20-26-41)33-11-5-2-6-12-33)42-27-21-37-29-36(15-16-38(37)30-42)39-22-28-46-44(31-39)43-13-7-8-14-45(43)48-46/h1-31H/i1D,3D,4D,9D,10D. The quantitative estimate of drug-likeness (QED) is 0.176. The van der Waals surface area contributed by atoms with Gasteiger partial charge in [-0.05, 0) is 105 Å². The second-order valence-electron chi connectivity index (χ2n) is 11.9. The lowest BCUT2D eigenvalue weighted by atomic mass is 9.99. The van der Waals surface area contributed by atoms with Crippen molar-refractivity contribution in [3.05, 3.63) is 188 Å². The molecule has 0 aliphatic rings. The number of anilines is 3. The molecule has 226 valence electrons. The molecule has 0 N–H and O–H groups in total. The van der Waals surface area contributed by atoms with Crippen molar-refractivity contribution in [1.29, 1.82) is 0 Å². The number of rotatable bonds is 6. The van der Waals surface area contributed by atoms with Crippen LogP contribution < -0.4 is 4.90 Å². The van der Waals surface area contributed by atoms with Gasteiger partial charge in [0.1, 0.15) is 0 Å². The van der Waals surface area contributed by atoms with Crippen LogP contribution in [0.25, 0.3) is 64.3 Å². The molecular formula is C46H31NS. The molecule has 0 radical (unpaired) electrons. The third kappa shape index (κ3) is 5.23. The first-order valence-corrected chi connectivity index (χ1v) is 16.7. The normalized spacial score (nSPS) is 12.8. The van der Waals surface area contributed by atoms with Gasteiger partial charge >= 0.3 is 0 Å². The van der Waals surface area contributed by atoms with Gasteiger partial charge in [-0.1, -0.05) is 127 Å². The maximum Gasteiger partial charge on any atom is 0.0629 e. The van der Waals surface area contributed by atoms with E-state index in [4.69, 9.17) is 6.85 Å². The molecule has 0 saturated heterocycles. The average molecular weight is 635 g/mol. The fourth-order valence-corrected chi connectivity index (χ4v) is 7.60. The molecule has 0 fully saturated rings. The van der Waals surface area contributed by atoms with E-state index in [-0.39, 0.29) is 29.7 Å². The summed E-state index contributed by atoms with van der Waals surface area (Å²) < 4.78 is 43.9. The smallest absolute Gasteiger partial charge is 0.0629 e. The Kier molecular flexibility index (Phi) is 5.84. The fourth-order valence-electron chi connectivity index (χ4n) is 6.51. The second-order valence-corrected chi connectivity index (χ2v) is 12.9. The first kappa shape index (κ1) is 23.4. The van der Waals surface area contributed by atoms with Crippen molar-refractivity contribution in [2.75, 3.05) is 4.90 Å². The maximum atomic E-state index is 8.50. The van der Waals surface area contributed by atoms with Crippen LogP contribution in [0.1, 0.15) is 6.85 Å². The van der Waals surface area contributed by atoms with Gasteiger partial charge in [-0.15, -0.1) is 11.3 Å². The third-order valence-corrected chi connectivity index (χ3v) is 10.1. The Morgan fingerprint density at radius 1 is 0.375 bits per heavy atom. The molecule has 48 heavy (non-hydrogen) atoms. The Balaban J connectivity index is 1.12. The van der Waals surface area contributed by atoms with Gasteiger partial charge in [0.25, 0.3) is 0 Å². The van der Waals surface area contributed by atoms with E-state index in [2.05, 4.69) is 120 Å². The van der Waals surface area contributed by atoms with E-state index in [1.807, 2.05) is 53.8 Å². The van der Waals surface area contributed by atoms with Crippen molar-refractivity contribution in [2.45, 2.75) is 0 Å². The van der Waals surface area contributed by atoms with Crippen LogP contribution in [-0.2, 0) is 0 Å². The van der Waals surface area contributed by atoms with Crippen LogP contribution >= 0.6 is 11.3 Å². The molecule has 1 heterocycles. The molecule has 0 aliphatic carbocycles. The summed E-state index contributed by atoms with van der Waals surface area (Å²) in [5, 5.41) is 4.82. The monoisotopic (exact) mass is 634 g/mol. The Morgan fingerprint density at radius 2 is 0.917 bits per heavy atom.